The minimum absolute atomic E-state index is 0.357. The SMILES string of the molecule is CC(C)c1nsc(NCCOc2cccc(N)c2)n1. The van der Waals surface area contributed by atoms with Crippen LogP contribution in [0.15, 0.2) is 24.3 Å². The third-order valence-electron chi connectivity index (χ3n) is 2.46. The van der Waals surface area contributed by atoms with E-state index in [1.165, 1.54) is 11.5 Å². The summed E-state index contributed by atoms with van der Waals surface area (Å²) in [6.45, 7) is 5.39. The molecule has 0 spiro atoms. The molecular weight excluding hydrogens is 260 g/mol. The van der Waals surface area contributed by atoms with Gasteiger partial charge in [0.1, 0.15) is 18.2 Å². The van der Waals surface area contributed by atoms with Crippen LogP contribution in [0.1, 0.15) is 25.6 Å². The summed E-state index contributed by atoms with van der Waals surface area (Å²) in [6, 6.07) is 7.40. The first kappa shape index (κ1) is 13.6. The third kappa shape index (κ3) is 4.10. The number of hydrogen-bond acceptors (Lipinski definition) is 6. The molecule has 0 aliphatic carbocycles. The number of nitrogens with two attached hydrogens (primary N) is 1. The lowest BCUT2D eigenvalue weighted by atomic mass is 10.2. The number of ether oxygens (including phenoxy) is 1. The standard InChI is InChI=1S/C13H18N4OS/c1-9(2)12-16-13(19-17-12)15-6-7-18-11-5-3-4-10(14)8-11/h3-5,8-9H,6-7,14H2,1-2H3,(H,15,16,17). The molecule has 0 amide bonds. The van der Waals surface area contributed by atoms with Gasteiger partial charge in [-0.05, 0) is 12.1 Å². The largest absolute Gasteiger partial charge is 0.492 e. The van der Waals surface area contributed by atoms with Gasteiger partial charge in [0.05, 0.1) is 6.54 Å². The van der Waals surface area contributed by atoms with Crippen LogP contribution < -0.4 is 15.8 Å². The Labute approximate surface area is 117 Å². The average molecular weight is 278 g/mol. The maximum Gasteiger partial charge on any atom is 0.202 e. The normalized spacial score (nSPS) is 10.7. The first-order valence-corrected chi connectivity index (χ1v) is 6.98. The maximum atomic E-state index is 5.67. The number of hydrogen-bond donors (Lipinski definition) is 2. The van der Waals surface area contributed by atoms with Crippen molar-refractivity contribution in [3.8, 4) is 5.75 Å². The highest BCUT2D eigenvalue weighted by atomic mass is 32.1. The molecule has 2 rings (SSSR count). The number of benzene rings is 1. The van der Waals surface area contributed by atoms with Gasteiger partial charge in [-0.2, -0.15) is 4.37 Å². The van der Waals surface area contributed by atoms with Crippen LogP contribution in [0.3, 0.4) is 0 Å². The Hall–Kier alpha value is -1.82. The van der Waals surface area contributed by atoms with E-state index in [0.29, 0.717) is 24.8 Å². The van der Waals surface area contributed by atoms with Crippen molar-refractivity contribution in [1.29, 1.82) is 0 Å². The molecule has 6 heteroatoms. The Morgan fingerprint density at radius 1 is 1.42 bits per heavy atom. The monoisotopic (exact) mass is 278 g/mol. The average Bonchev–Trinajstić information content (AvgIpc) is 2.84. The van der Waals surface area contributed by atoms with Gasteiger partial charge in [-0.15, -0.1) is 0 Å². The highest BCUT2D eigenvalue weighted by Gasteiger charge is 2.06. The highest BCUT2D eigenvalue weighted by Crippen LogP contribution is 2.17. The van der Waals surface area contributed by atoms with Crippen LogP contribution in [0, 0.1) is 0 Å². The lowest BCUT2D eigenvalue weighted by molar-refractivity contribution is 0.333. The van der Waals surface area contributed by atoms with Crippen molar-refractivity contribution in [3.63, 3.8) is 0 Å². The maximum absolute atomic E-state index is 5.67. The molecule has 0 bridgehead atoms. The van der Waals surface area contributed by atoms with Crippen molar-refractivity contribution < 1.29 is 4.74 Å². The van der Waals surface area contributed by atoms with Crippen molar-refractivity contribution in [2.45, 2.75) is 19.8 Å². The van der Waals surface area contributed by atoms with Crippen molar-refractivity contribution in [1.82, 2.24) is 9.36 Å². The molecule has 19 heavy (non-hydrogen) atoms. The second-order valence-corrected chi connectivity index (χ2v) is 5.21. The molecule has 3 N–H and O–H groups in total. The Kier molecular flexibility index (Phi) is 4.57. The fourth-order valence-electron chi connectivity index (χ4n) is 1.47. The molecule has 2 aromatic rings. The number of aromatic nitrogens is 2. The van der Waals surface area contributed by atoms with E-state index in [2.05, 4.69) is 28.5 Å². The topological polar surface area (TPSA) is 73.1 Å². The number of nitrogens with one attached hydrogen (secondary N) is 1. The lowest BCUT2D eigenvalue weighted by Crippen LogP contribution is -2.11. The summed E-state index contributed by atoms with van der Waals surface area (Å²) in [4.78, 5) is 4.39. The zero-order valence-electron chi connectivity index (χ0n) is 11.1. The quantitative estimate of drug-likeness (QED) is 0.628. The molecule has 0 radical (unpaired) electrons. The molecule has 5 nitrogen and oxygen atoms in total. The van der Waals surface area contributed by atoms with Gasteiger partial charge in [0.25, 0.3) is 0 Å². The predicted octanol–water partition coefficient (Wildman–Crippen LogP) is 2.73. The van der Waals surface area contributed by atoms with Gasteiger partial charge in [-0.3, -0.25) is 0 Å². The zero-order chi connectivity index (χ0) is 13.7. The summed E-state index contributed by atoms with van der Waals surface area (Å²) in [5.74, 6) is 2.02. The zero-order valence-corrected chi connectivity index (χ0v) is 11.9. The van der Waals surface area contributed by atoms with Crippen molar-refractivity contribution in [2.75, 3.05) is 24.2 Å². The van der Waals surface area contributed by atoms with Crippen LogP contribution in [0.5, 0.6) is 5.75 Å². The van der Waals surface area contributed by atoms with Crippen LogP contribution in [-0.2, 0) is 0 Å². The van der Waals surface area contributed by atoms with E-state index in [4.69, 9.17) is 10.5 Å². The van der Waals surface area contributed by atoms with E-state index in [1.807, 2.05) is 24.3 Å². The molecule has 1 aromatic heterocycles. The molecule has 0 aliphatic rings. The summed E-state index contributed by atoms with van der Waals surface area (Å²) in [5.41, 5.74) is 6.38. The van der Waals surface area contributed by atoms with Crippen molar-refractivity contribution >= 4 is 22.4 Å². The number of nitrogen functional groups attached to an aromatic ring is 1. The molecule has 0 unspecified atom stereocenters. The van der Waals surface area contributed by atoms with E-state index in [9.17, 15) is 0 Å². The number of anilines is 2. The summed E-state index contributed by atoms with van der Waals surface area (Å²) in [5, 5.41) is 4.03. The molecule has 0 atom stereocenters. The molecule has 102 valence electrons. The van der Waals surface area contributed by atoms with Crippen LogP contribution in [0.2, 0.25) is 0 Å². The Morgan fingerprint density at radius 3 is 2.95 bits per heavy atom. The van der Waals surface area contributed by atoms with E-state index >= 15 is 0 Å². The Bertz CT molecular complexity index is 527. The van der Waals surface area contributed by atoms with Gasteiger partial charge in [0, 0.05) is 29.2 Å². The van der Waals surface area contributed by atoms with Gasteiger partial charge in [-0.1, -0.05) is 19.9 Å². The van der Waals surface area contributed by atoms with Crippen molar-refractivity contribution in [3.05, 3.63) is 30.1 Å². The van der Waals surface area contributed by atoms with Crippen LogP contribution in [-0.4, -0.2) is 22.5 Å². The molecule has 0 saturated heterocycles. The second kappa shape index (κ2) is 6.38. The van der Waals surface area contributed by atoms with Crippen molar-refractivity contribution in [2.24, 2.45) is 0 Å². The van der Waals surface area contributed by atoms with Gasteiger partial charge in [0.15, 0.2) is 0 Å². The Morgan fingerprint density at radius 2 is 2.26 bits per heavy atom. The predicted molar refractivity (Wildman–Crippen MR) is 78.8 cm³/mol. The molecule has 0 fully saturated rings. The molecule has 0 saturated carbocycles. The highest BCUT2D eigenvalue weighted by molar-refractivity contribution is 7.09. The van der Waals surface area contributed by atoms with E-state index in [0.717, 1.165) is 16.7 Å². The minimum Gasteiger partial charge on any atom is -0.492 e. The lowest BCUT2D eigenvalue weighted by Gasteiger charge is -2.06. The fourth-order valence-corrected chi connectivity index (χ4v) is 2.20. The van der Waals surface area contributed by atoms with E-state index < -0.39 is 0 Å². The summed E-state index contributed by atoms with van der Waals surface area (Å²) >= 11 is 1.38. The molecule has 0 aliphatic heterocycles. The number of rotatable bonds is 6. The molecular formula is C13H18N4OS. The fraction of sp³-hybridized carbons (Fsp3) is 0.385. The molecule has 1 heterocycles. The summed E-state index contributed by atoms with van der Waals surface area (Å²) in [7, 11) is 0. The Balaban J connectivity index is 1.74. The summed E-state index contributed by atoms with van der Waals surface area (Å²) in [6.07, 6.45) is 0. The first-order chi connectivity index (χ1) is 9.15. The van der Waals surface area contributed by atoms with Gasteiger partial charge < -0.3 is 15.8 Å². The third-order valence-corrected chi connectivity index (χ3v) is 3.15. The van der Waals surface area contributed by atoms with Crippen LogP contribution in [0.25, 0.3) is 0 Å². The van der Waals surface area contributed by atoms with Crippen LogP contribution >= 0.6 is 11.5 Å². The second-order valence-electron chi connectivity index (χ2n) is 4.46. The van der Waals surface area contributed by atoms with E-state index in [1.54, 1.807) is 0 Å². The van der Waals surface area contributed by atoms with Gasteiger partial charge >= 0.3 is 0 Å². The van der Waals surface area contributed by atoms with Gasteiger partial charge in [0.2, 0.25) is 5.13 Å². The summed E-state index contributed by atoms with van der Waals surface area (Å²) < 4.78 is 9.85. The smallest absolute Gasteiger partial charge is 0.202 e. The van der Waals surface area contributed by atoms with Gasteiger partial charge in [-0.25, -0.2) is 4.98 Å². The molecule has 1 aromatic carbocycles. The first-order valence-electron chi connectivity index (χ1n) is 6.21. The number of nitrogens with zero attached hydrogens (tertiary/aromatic N) is 2. The van der Waals surface area contributed by atoms with E-state index in [-0.39, 0.29) is 0 Å². The minimum atomic E-state index is 0.357. The van der Waals surface area contributed by atoms with Crippen LogP contribution in [0.4, 0.5) is 10.8 Å².